The van der Waals surface area contributed by atoms with Crippen molar-refractivity contribution in [2.45, 2.75) is 64.1 Å². The SMILES string of the molecule is CC(C1CC1)N1CC(CC2CC2)CC(NCc2ccccc2)C1. The second kappa shape index (κ2) is 6.94. The molecule has 3 unspecified atom stereocenters. The van der Waals surface area contributed by atoms with Crippen molar-refractivity contribution >= 4 is 0 Å². The van der Waals surface area contributed by atoms with Crippen LogP contribution >= 0.6 is 0 Å². The molecular weight excluding hydrogens is 280 g/mol. The van der Waals surface area contributed by atoms with Gasteiger partial charge in [0.2, 0.25) is 0 Å². The maximum absolute atomic E-state index is 3.86. The molecule has 0 bridgehead atoms. The molecule has 2 heteroatoms. The highest BCUT2D eigenvalue weighted by Crippen LogP contribution is 2.40. The number of nitrogens with zero attached hydrogens (tertiary/aromatic N) is 1. The van der Waals surface area contributed by atoms with Crippen molar-refractivity contribution in [3.63, 3.8) is 0 Å². The van der Waals surface area contributed by atoms with Crippen LogP contribution in [0.2, 0.25) is 0 Å². The smallest absolute Gasteiger partial charge is 0.0208 e. The molecular formula is C21H32N2. The molecule has 1 aromatic rings. The second-order valence-electron chi connectivity index (χ2n) is 8.38. The van der Waals surface area contributed by atoms with Gasteiger partial charge in [-0.1, -0.05) is 43.2 Å². The first-order valence-corrected chi connectivity index (χ1v) is 9.79. The predicted octanol–water partition coefficient (Wildman–Crippen LogP) is 4.07. The van der Waals surface area contributed by atoms with Crippen LogP contribution in [0.1, 0.15) is 51.0 Å². The van der Waals surface area contributed by atoms with Gasteiger partial charge in [-0.25, -0.2) is 0 Å². The van der Waals surface area contributed by atoms with Gasteiger partial charge in [-0.05, 0) is 55.9 Å². The number of likely N-dealkylation sites (tertiary alicyclic amines) is 1. The van der Waals surface area contributed by atoms with Crippen LogP contribution in [0.3, 0.4) is 0 Å². The minimum absolute atomic E-state index is 0.675. The van der Waals surface area contributed by atoms with Gasteiger partial charge in [0.1, 0.15) is 0 Å². The average molecular weight is 313 g/mol. The maximum atomic E-state index is 3.86. The Morgan fingerprint density at radius 2 is 1.83 bits per heavy atom. The third-order valence-corrected chi connectivity index (χ3v) is 6.25. The van der Waals surface area contributed by atoms with Gasteiger partial charge in [-0.2, -0.15) is 0 Å². The highest BCUT2D eigenvalue weighted by Gasteiger charge is 2.38. The van der Waals surface area contributed by atoms with Crippen LogP contribution < -0.4 is 5.32 Å². The van der Waals surface area contributed by atoms with Crippen molar-refractivity contribution < 1.29 is 0 Å². The lowest BCUT2D eigenvalue weighted by molar-refractivity contribution is 0.0881. The number of nitrogens with one attached hydrogen (secondary N) is 1. The fraction of sp³-hybridized carbons (Fsp3) is 0.714. The summed E-state index contributed by atoms with van der Waals surface area (Å²) in [4.78, 5) is 2.82. The Labute approximate surface area is 141 Å². The zero-order valence-electron chi connectivity index (χ0n) is 14.6. The van der Waals surface area contributed by atoms with Gasteiger partial charge in [-0.15, -0.1) is 0 Å². The minimum Gasteiger partial charge on any atom is -0.309 e. The van der Waals surface area contributed by atoms with Crippen molar-refractivity contribution in [2.75, 3.05) is 13.1 Å². The molecule has 0 radical (unpaired) electrons. The van der Waals surface area contributed by atoms with Gasteiger partial charge in [-0.3, -0.25) is 4.90 Å². The number of benzene rings is 1. The Morgan fingerprint density at radius 3 is 2.52 bits per heavy atom. The Morgan fingerprint density at radius 1 is 1.04 bits per heavy atom. The van der Waals surface area contributed by atoms with E-state index in [1.807, 2.05) is 0 Å². The van der Waals surface area contributed by atoms with E-state index in [1.165, 1.54) is 57.2 Å². The first-order chi connectivity index (χ1) is 11.3. The van der Waals surface area contributed by atoms with Crippen molar-refractivity contribution in [3.8, 4) is 0 Å². The van der Waals surface area contributed by atoms with Crippen LogP contribution in [0.15, 0.2) is 30.3 Å². The largest absolute Gasteiger partial charge is 0.309 e. The van der Waals surface area contributed by atoms with Gasteiger partial charge >= 0.3 is 0 Å². The molecule has 3 atom stereocenters. The van der Waals surface area contributed by atoms with Crippen LogP contribution in [0.4, 0.5) is 0 Å². The lowest BCUT2D eigenvalue weighted by Crippen LogP contribution is -2.52. The van der Waals surface area contributed by atoms with E-state index >= 15 is 0 Å². The molecule has 1 heterocycles. The van der Waals surface area contributed by atoms with Crippen LogP contribution in [0.25, 0.3) is 0 Å². The van der Waals surface area contributed by atoms with Gasteiger partial charge in [0.25, 0.3) is 0 Å². The summed E-state index contributed by atoms with van der Waals surface area (Å²) in [6.07, 6.45) is 8.79. The van der Waals surface area contributed by atoms with E-state index in [1.54, 1.807) is 0 Å². The summed E-state index contributed by atoms with van der Waals surface area (Å²) in [6, 6.07) is 12.4. The molecule has 0 aromatic heterocycles. The number of rotatable bonds is 7. The predicted molar refractivity (Wildman–Crippen MR) is 96.3 cm³/mol. The molecule has 3 aliphatic rings. The van der Waals surface area contributed by atoms with E-state index in [0.29, 0.717) is 6.04 Å². The normalized spacial score (nSPS) is 30.3. The van der Waals surface area contributed by atoms with E-state index in [0.717, 1.165) is 30.3 Å². The molecule has 2 saturated carbocycles. The monoisotopic (exact) mass is 312 g/mol. The molecule has 1 N–H and O–H groups in total. The summed E-state index contributed by atoms with van der Waals surface area (Å²) in [7, 11) is 0. The van der Waals surface area contributed by atoms with Crippen LogP contribution in [0.5, 0.6) is 0 Å². The standard InChI is InChI=1S/C21H32N2/c1-16(20-9-10-20)23-14-19(11-17-7-8-17)12-21(15-23)22-13-18-5-3-2-4-6-18/h2-6,16-17,19-22H,7-15H2,1H3. The van der Waals surface area contributed by atoms with Crippen molar-refractivity contribution in [1.82, 2.24) is 10.2 Å². The van der Waals surface area contributed by atoms with Gasteiger partial charge in [0, 0.05) is 31.7 Å². The van der Waals surface area contributed by atoms with E-state index in [4.69, 9.17) is 0 Å². The molecule has 4 rings (SSSR count). The second-order valence-corrected chi connectivity index (χ2v) is 8.38. The molecule has 23 heavy (non-hydrogen) atoms. The van der Waals surface area contributed by atoms with Crippen molar-refractivity contribution in [2.24, 2.45) is 17.8 Å². The molecule has 126 valence electrons. The molecule has 1 aromatic carbocycles. The highest BCUT2D eigenvalue weighted by atomic mass is 15.2. The maximum Gasteiger partial charge on any atom is 0.0208 e. The summed E-state index contributed by atoms with van der Waals surface area (Å²) >= 11 is 0. The first kappa shape index (κ1) is 15.7. The average Bonchev–Trinajstić information content (AvgIpc) is 3.46. The Kier molecular flexibility index (Phi) is 4.73. The van der Waals surface area contributed by atoms with Crippen molar-refractivity contribution in [3.05, 3.63) is 35.9 Å². The fourth-order valence-electron chi connectivity index (χ4n) is 4.45. The van der Waals surface area contributed by atoms with Crippen LogP contribution in [-0.2, 0) is 6.54 Å². The Bertz CT molecular complexity index is 492. The number of hydrogen-bond acceptors (Lipinski definition) is 2. The zero-order valence-corrected chi connectivity index (χ0v) is 14.6. The molecule has 2 aliphatic carbocycles. The van der Waals surface area contributed by atoms with E-state index in [9.17, 15) is 0 Å². The fourth-order valence-corrected chi connectivity index (χ4v) is 4.45. The van der Waals surface area contributed by atoms with Crippen LogP contribution in [0, 0.1) is 17.8 Å². The molecule has 0 spiro atoms. The topological polar surface area (TPSA) is 15.3 Å². The Balaban J connectivity index is 1.35. The highest BCUT2D eigenvalue weighted by molar-refractivity contribution is 5.14. The molecule has 1 saturated heterocycles. The minimum atomic E-state index is 0.675. The third kappa shape index (κ3) is 4.36. The lowest BCUT2D eigenvalue weighted by atomic mass is 9.88. The summed E-state index contributed by atoms with van der Waals surface area (Å²) in [5.74, 6) is 2.97. The summed E-state index contributed by atoms with van der Waals surface area (Å²) < 4.78 is 0. The number of piperidine rings is 1. The summed E-state index contributed by atoms with van der Waals surface area (Å²) in [5.41, 5.74) is 1.42. The summed E-state index contributed by atoms with van der Waals surface area (Å²) in [6.45, 7) is 6.11. The van der Waals surface area contributed by atoms with Gasteiger partial charge in [0.15, 0.2) is 0 Å². The van der Waals surface area contributed by atoms with Crippen molar-refractivity contribution in [1.29, 1.82) is 0 Å². The molecule has 0 amide bonds. The van der Waals surface area contributed by atoms with E-state index in [-0.39, 0.29) is 0 Å². The van der Waals surface area contributed by atoms with E-state index < -0.39 is 0 Å². The van der Waals surface area contributed by atoms with Crippen LogP contribution in [-0.4, -0.2) is 30.1 Å². The zero-order chi connectivity index (χ0) is 15.6. The third-order valence-electron chi connectivity index (χ3n) is 6.25. The Hall–Kier alpha value is -0.860. The van der Waals surface area contributed by atoms with E-state index in [2.05, 4.69) is 47.5 Å². The lowest BCUT2D eigenvalue weighted by Gasteiger charge is -2.41. The summed E-state index contributed by atoms with van der Waals surface area (Å²) in [5, 5.41) is 3.86. The molecule has 2 nitrogen and oxygen atoms in total. The van der Waals surface area contributed by atoms with Gasteiger partial charge in [0.05, 0.1) is 0 Å². The first-order valence-electron chi connectivity index (χ1n) is 9.79. The molecule has 3 fully saturated rings. The number of hydrogen-bond donors (Lipinski definition) is 1. The molecule has 1 aliphatic heterocycles. The van der Waals surface area contributed by atoms with Gasteiger partial charge < -0.3 is 5.32 Å². The quantitative estimate of drug-likeness (QED) is 0.816.